The molecule has 1 aliphatic rings. The van der Waals surface area contributed by atoms with Crippen LogP contribution in [0.1, 0.15) is 38.3 Å². The molecule has 1 saturated carbocycles. The first kappa shape index (κ1) is 11.3. The van der Waals surface area contributed by atoms with Crippen LogP contribution >= 0.6 is 0 Å². The van der Waals surface area contributed by atoms with Gasteiger partial charge >= 0.3 is 0 Å². The van der Waals surface area contributed by atoms with Gasteiger partial charge in [-0.3, -0.25) is 4.98 Å². The molecule has 0 aromatic carbocycles. The molecule has 0 bridgehead atoms. The summed E-state index contributed by atoms with van der Waals surface area (Å²) in [5.74, 6) is 1.24. The van der Waals surface area contributed by atoms with Crippen molar-refractivity contribution in [3.05, 3.63) is 18.1 Å². The summed E-state index contributed by atoms with van der Waals surface area (Å²) < 4.78 is 5.85. The third-order valence-electron chi connectivity index (χ3n) is 3.20. The second-order valence-corrected chi connectivity index (χ2v) is 4.47. The van der Waals surface area contributed by atoms with Crippen molar-refractivity contribution in [1.29, 1.82) is 0 Å². The molecule has 2 atom stereocenters. The Kier molecular flexibility index (Phi) is 3.72. The average Bonchev–Trinajstić information content (AvgIpc) is 2.33. The third-order valence-corrected chi connectivity index (χ3v) is 3.20. The molecule has 0 amide bonds. The van der Waals surface area contributed by atoms with Crippen molar-refractivity contribution in [2.45, 2.75) is 45.3 Å². The van der Waals surface area contributed by atoms with E-state index in [0.29, 0.717) is 24.4 Å². The molecule has 0 radical (unpaired) electrons. The fraction of sp³-hybridized carbons (Fsp3) is 0.667. The monoisotopic (exact) mass is 221 g/mol. The molecule has 1 heterocycles. The lowest BCUT2D eigenvalue weighted by Crippen LogP contribution is -2.28. The maximum absolute atomic E-state index is 5.85. The van der Waals surface area contributed by atoms with Crippen molar-refractivity contribution in [1.82, 2.24) is 9.97 Å². The summed E-state index contributed by atoms with van der Waals surface area (Å²) in [5, 5.41) is 0. The predicted molar refractivity (Wildman–Crippen MR) is 62.0 cm³/mol. The Bertz CT molecular complexity index is 326. The van der Waals surface area contributed by atoms with E-state index in [-0.39, 0.29) is 0 Å². The van der Waals surface area contributed by atoms with E-state index < -0.39 is 0 Å². The van der Waals surface area contributed by atoms with Crippen LogP contribution in [0.15, 0.2) is 12.4 Å². The molecule has 2 N–H and O–H groups in total. The van der Waals surface area contributed by atoms with Crippen molar-refractivity contribution in [3.63, 3.8) is 0 Å². The molecule has 1 aromatic heterocycles. The summed E-state index contributed by atoms with van der Waals surface area (Å²) >= 11 is 0. The summed E-state index contributed by atoms with van der Waals surface area (Å²) in [6, 6.07) is 0. The highest BCUT2D eigenvalue weighted by Gasteiger charge is 2.23. The molecule has 0 spiro atoms. The lowest BCUT2D eigenvalue weighted by atomic mass is 9.88. The van der Waals surface area contributed by atoms with Crippen LogP contribution in [-0.2, 0) is 6.54 Å². The van der Waals surface area contributed by atoms with Gasteiger partial charge in [-0.25, -0.2) is 4.98 Å². The zero-order valence-electron chi connectivity index (χ0n) is 9.72. The molecule has 1 fully saturated rings. The maximum Gasteiger partial charge on any atom is 0.232 e. The molecular formula is C12H19N3O. The number of nitrogens with zero attached hydrogens (tertiary/aromatic N) is 2. The third kappa shape index (κ3) is 2.70. The normalized spacial score (nSPS) is 25.4. The summed E-state index contributed by atoms with van der Waals surface area (Å²) in [5.41, 5.74) is 6.26. The number of nitrogens with two attached hydrogens (primary N) is 1. The number of ether oxygens (including phenoxy) is 1. The molecule has 2 rings (SSSR count). The number of hydrogen-bond acceptors (Lipinski definition) is 4. The molecule has 1 aromatic rings. The smallest absolute Gasteiger partial charge is 0.232 e. The van der Waals surface area contributed by atoms with E-state index in [2.05, 4.69) is 16.9 Å². The van der Waals surface area contributed by atoms with Crippen LogP contribution in [0.2, 0.25) is 0 Å². The van der Waals surface area contributed by atoms with Gasteiger partial charge in [-0.1, -0.05) is 13.3 Å². The van der Waals surface area contributed by atoms with Crippen LogP contribution in [0.3, 0.4) is 0 Å². The van der Waals surface area contributed by atoms with Crippen molar-refractivity contribution in [2.24, 2.45) is 11.7 Å². The Hall–Kier alpha value is -1.16. The van der Waals surface area contributed by atoms with E-state index in [1.165, 1.54) is 19.3 Å². The summed E-state index contributed by atoms with van der Waals surface area (Å²) in [4.78, 5) is 8.39. The van der Waals surface area contributed by atoms with Gasteiger partial charge in [0.25, 0.3) is 0 Å². The Morgan fingerprint density at radius 2 is 2.12 bits per heavy atom. The fourth-order valence-corrected chi connectivity index (χ4v) is 2.12. The molecule has 16 heavy (non-hydrogen) atoms. The van der Waals surface area contributed by atoms with Crippen LogP contribution in [0.4, 0.5) is 0 Å². The van der Waals surface area contributed by atoms with E-state index in [0.717, 1.165) is 12.1 Å². The number of hydrogen-bond donors (Lipinski definition) is 1. The van der Waals surface area contributed by atoms with E-state index in [4.69, 9.17) is 10.5 Å². The second-order valence-electron chi connectivity index (χ2n) is 4.47. The zero-order chi connectivity index (χ0) is 11.4. The fourth-order valence-electron chi connectivity index (χ4n) is 2.12. The number of aromatic nitrogens is 2. The van der Waals surface area contributed by atoms with Gasteiger partial charge in [-0.15, -0.1) is 0 Å². The van der Waals surface area contributed by atoms with Gasteiger partial charge in [-0.2, -0.15) is 0 Å². The quantitative estimate of drug-likeness (QED) is 0.846. The topological polar surface area (TPSA) is 61.0 Å². The van der Waals surface area contributed by atoms with E-state index in [1.54, 1.807) is 12.4 Å². The maximum atomic E-state index is 5.85. The SMILES string of the molecule is CC1CCCCC1Oc1cnc(CN)cn1. The lowest BCUT2D eigenvalue weighted by molar-refractivity contribution is 0.0970. The van der Waals surface area contributed by atoms with E-state index in [9.17, 15) is 0 Å². The molecule has 2 unspecified atom stereocenters. The minimum atomic E-state index is 0.298. The first-order chi connectivity index (χ1) is 7.79. The van der Waals surface area contributed by atoms with Crippen molar-refractivity contribution < 1.29 is 4.74 Å². The molecule has 0 saturated heterocycles. The predicted octanol–water partition coefficient (Wildman–Crippen LogP) is 1.89. The molecule has 1 aliphatic carbocycles. The highest BCUT2D eigenvalue weighted by molar-refractivity contribution is 5.07. The lowest BCUT2D eigenvalue weighted by Gasteiger charge is -2.28. The van der Waals surface area contributed by atoms with Crippen LogP contribution in [0, 0.1) is 5.92 Å². The highest BCUT2D eigenvalue weighted by atomic mass is 16.5. The highest BCUT2D eigenvalue weighted by Crippen LogP contribution is 2.26. The molecule has 4 nitrogen and oxygen atoms in total. The Balaban J connectivity index is 1.96. The molecule has 88 valence electrons. The number of rotatable bonds is 3. The van der Waals surface area contributed by atoms with Crippen LogP contribution in [-0.4, -0.2) is 16.1 Å². The minimum absolute atomic E-state index is 0.298. The van der Waals surface area contributed by atoms with Crippen molar-refractivity contribution in [2.75, 3.05) is 0 Å². The van der Waals surface area contributed by atoms with Gasteiger partial charge in [0.2, 0.25) is 5.88 Å². The van der Waals surface area contributed by atoms with Gasteiger partial charge in [0, 0.05) is 6.54 Å². The molecule has 0 aliphatic heterocycles. The standard InChI is InChI=1S/C12H19N3O/c1-9-4-2-3-5-11(9)16-12-8-14-10(6-13)7-15-12/h7-9,11H,2-6,13H2,1H3. The first-order valence-electron chi connectivity index (χ1n) is 5.97. The van der Waals surface area contributed by atoms with Crippen molar-refractivity contribution in [3.8, 4) is 5.88 Å². The van der Waals surface area contributed by atoms with Gasteiger partial charge in [-0.05, 0) is 25.2 Å². The van der Waals surface area contributed by atoms with Gasteiger partial charge in [0.15, 0.2) is 0 Å². The Labute approximate surface area is 96.2 Å². The second kappa shape index (κ2) is 5.25. The zero-order valence-corrected chi connectivity index (χ0v) is 9.72. The van der Waals surface area contributed by atoms with Crippen LogP contribution in [0.5, 0.6) is 5.88 Å². The summed E-state index contributed by atoms with van der Waals surface area (Å²) in [6.45, 7) is 2.67. The first-order valence-corrected chi connectivity index (χ1v) is 5.97. The molecular weight excluding hydrogens is 202 g/mol. The Morgan fingerprint density at radius 3 is 2.75 bits per heavy atom. The van der Waals surface area contributed by atoms with Crippen LogP contribution < -0.4 is 10.5 Å². The van der Waals surface area contributed by atoms with Gasteiger partial charge in [0.1, 0.15) is 6.10 Å². The van der Waals surface area contributed by atoms with Gasteiger partial charge < -0.3 is 10.5 Å². The van der Waals surface area contributed by atoms with E-state index in [1.807, 2.05) is 0 Å². The largest absolute Gasteiger partial charge is 0.473 e. The summed E-state index contributed by atoms with van der Waals surface area (Å²) in [7, 11) is 0. The average molecular weight is 221 g/mol. The van der Waals surface area contributed by atoms with Gasteiger partial charge in [0.05, 0.1) is 18.1 Å². The molecule has 4 heteroatoms. The van der Waals surface area contributed by atoms with Crippen molar-refractivity contribution >= 4 is 0 Å². The summed E-state index contributed by atoms with van der Waals surface area (Å²) in [6.07, 6.45) is 8.60. The van der Waals surface area contributed by atoms with Crippen LogP contribution in [0.25, 0.3) is 0 Å². The van der Waals surface area contributed by atoms with E-state index >= 15 is 0 Å². The Morgan fingerprint density at radius 1 is 1.31 bits per heavy atom. The minimum Gasteiger partial charge on any atom is -0.473 e.